The summed E-state index contributed by atoms with van der Waals surface area (Å²) in [5.74, 6) is -0.815. The van der Waals surface area contributed by atoms with Gasteiger partial charge >= 0.3 is 5.97 Å². The number of hydrogen-bond acceptors (Lipinski definition) is 3. The van der Waals surface area contributed by atoms with E-state index in [0.29, 0.717) is 6.54 Å². The van der Waals surface area contributed by atoms with Crippen molar-refractivity contribution in [3.05, 3.63) is 33.5 Å². The third-order valence-electron chi connectivity index (χ3n) is 2.25. The van der Waals surface area contributed by atoms with Crippen molar-refractivity contribution in [2.24, 2.45) is 0 Å². The zero-order valence-electron chi connectivity index (χ0n) is 9.02. The number of hydrogen-bond donors (Lipinski definition) is 1. The maximum atomic E-state index is 10.7. The zero-order valence-corrected chi connectivity index (χ0v) is 11.4. The van der Waals surface area contributed by atoms with E-state index in [2.05, 4.69) is 22.5 Å². The quantitative estimate of drug-likeness (QED) is 0.821. The molecule has 0 fully saturated rings. The molecule has 0 saturated heterocycles. The first kappa shape index (κ1) is 13.4. The molecule has 88 valence electrons. The van der Waals surface area contributed by atoms with E-state index in [1.807, 2.05) is 23.3 Å². The summed E-state index contributed by atoms with van der Waals surface area (Å²) < 4.78 is 1.04. The van der Waals surface area contributed by atoms with E-state index in [-0.39, 0.29) is 12.6 Å². The molecule has 1 N–H and O–H groups in total. The number of thiophene rings is 1. The highest BCUT2D eigenvalue weighted by molar-refractivity contribution is 9.10. The van der Waals surface area contributed by atoms with Crippen LogP contribution < -0.4 is 0 Å². The van der Waals surface area contributed by atoms with E-state index >= 15 is 0 Å². The molecule has 0 aliphatic heterocycles. The van der Waals surface area contributed by atoms with Gasteiger partial charge in [0.05, 0.1) is 6.54 Å². The molecule has 0 saturated carbocycles. The Labute approximate surface area is 108 Å². The van der Waals surface area contributed by atoms with Crippen LogP contribution in [0.25, 0.3) is 0 Å². The summed E-state index contributed by atoms with van der Waals surface area (Å²) in [4.78, 5) is 13.8. The summed E-state index contributed by atoms with van der Waals surface area (Å²) in [7, 11) is 0. The molecule has 0 radical (unpaired) electrons. The fourth-order valence-electron chi connectivity index (χ4n) is 1.43. The summed E-state index contributed by atoms with van der Waals surface area (Å²) in [5.41, 5.74) is 0. The van der Waals surface area contributed by atoms with Crippen molar-refractivity contribution < 1.29 is 9.90 Å². The molecule has 0 spiro atoms. The third-order valence-corrected chi connectivity index (χ3v) is 4.11. The van der Waals surface area contributed by atoms with Crippen LogP contribution in [0.4, 0.5) is 0 Å². The predicted octanol–water partition coefficient (Wildman–Crippen LogP) is 3.14. The summed E-state index contributed by atoms with van der Waals surface area (Å²) >= 11 is 5.02. The Morgan fingerprint density at radius 1 is 1.81 bits per heavy atom. The van der Waals surface area contributed by atoms with Gasteiger partial charge in [-0.3, -0.25) is 9.69 Å². The first-order valence-electron chi connectivity index (χ1n) is 4.85. The monoisotopic (exact) mass is 303 g/mol. The molecule has 1 heterocycles. The molecule has 0 aliphatic rings. The van der Waals surface area contributed by atoms with Crippen molar-refractivity contribution in [1.29, 1.82) is 0 Å². The fourth-order valence-corrected chi connectivity index (χ4v) is 2.96. The Morgan fingerprint density at radius 2 is 2.50 bits per heavy atom. The van der Waals surface area contributed by atoms with E-state index in [0.717, 1.165) is 9.35 Å². The molecule has 1 aromatic rings. The molecule has 3 nitrogen and oxygen atoms in total. The maximum absolute atomic E-state index is 10.7. The van der Waals surface area contributed by atoms with Gasteiger partial charge in [-0.05, 0) is 28.9 Å². The van der Waals surface area contributed by atoms with Gasteiger partial charge in [0.15, 0.2) is 0 Å². The van der Waals surface area contributed by atoms with Crippen molar-refractivity contribution in [3.8, 4) is 0 Å². The number of nitrogens with zero attached hydrogens (tertiary/aromatic N) is 1. The molecular formula is C11H14BrNO2S. The number of aliphatic carboxylic acids is 1. The molecule has 1 aromatic heterocycles. The largest absolute Gasteiger partial charge is 0.480 e. The van der Waals surface area contributed by atoms with Crippen LogP contribution in [0.5, 0.6) is 0 Å². The standard InChI is InChI=1S/C11H14BrNO2S/c1-3-4-13(6-11(14)15)8(2)10-5-9(12)7-16-10/h3,5,7-8H,1,4,6H2,2H3,(H,14,15). The van der Waals surface area contributed by atoms with Crippen LogP contribution in [0.2, 0.25) is 0 Å². The van der Waals surface area contributed by atoms with Crippen molar-refractivity contribution in [2.45, 2.75) is 13.0 Å². The molecule has 1 unspecified atom stereocenters. The zero-order chi connectivity index (χ0) is 12.1. The lowest BCUT2D eigenvalue weighted by atomic mass is 10.2. The smallest absolute Gasteiger partial charge is 0.317 e. The minimum absolute atomic E-state index is 0.0305. The summed E-state index contributed by atoms with van der Waals surface area (Å²) in [6.07, 6.45) is 1.72. The van der Waals surface area contributed by atoms with Gasteiger partial charge in [-0.2, -0.15) is 0 Å². The highest BCUT2D eigenvalue weighted by Crippen LogP contribution is 2.28. The molecule has 0 aliphatic carbocycles. The summed E-state index contributed by atoms with van der Waals surface area (Å²) in [6, 6.07) is 2.11. The number of halogens is 1. The van der Waals surface area contributed by atoms with Crippen LogP contribution in [0.1, 0.15) is 17.8 Å². The summed E-state index contributed by atoms with van der Waals surface area (Å²) in [6.45, 7) is 6.26. The molecular weight excluding hydrogens is 290 g/mol. The number of carboxylic acid groups (broad SMARTS) is 1. The Bertz CT molecular complexity index is 378. The lowest BCUT2D eigenvalue weighted by molar-refractivity contribution is -0.138. The van der Waals surface area contributed by atoms with E-state index in [1.165, 1.54) is 0 Å². The first-order chi connectivity index (χ1) is 7.54. The maximum Gasteiger partial charge on any atom is 0.317 e. The SMILES string of the molecule is C=CCN(CC(=O)O)C(C)c1cc(Br)cs1. The minimum atomic E-state index is -0.815. The van der Waals surface area contributed by atoms with Crippen LogP contribution in [0.15, 0.2) is 28.6 Å². The molecule has 1 rings (SSSR count). The average molecular weight is 304 g/mol. The van der Waals surface area contributed by atoms with Gasteiger partial charge in [0, 0.05) is 27.3 Å². The highest BCUT2D eigenvalue weighted by atomic mass is 79.9. The molecule has 5 heteroatoms. The lowest BCUT2D eigenvalue weighted by Gasteiger charge is -2.25. The number of carbonyl (C=O) groups is 1. The van der Waals surface area contributed by atoms with Gasteiger partial charge in [0.2, 0.25) is 0 Å². The molecule has 0 amide bonds. The normalized spacial score (nSPS) is 12.7. The molecule has 0 bridgehead atoms. The van der Waals surface area contributed by atoms with Crippen LogP contribution in [-0.2, 0) is 4.79 Å². The second kappa shape index (κ2) is 6.18. The van der Waals surface area contributed by atoms with E-state index < -0.39 is 5.97 Å². The van der Waals surface area contributed by atoms with E-state index in [1.54, 1.807) is 17.4 Å². The molecule has 1 atom stereocenters. The van der Waals surface area contributed by atoms with Crippen molar-refractivity contribution >= 4 is 33.2 Å². The third kappa shape index (κ3) is 3.73. The second-order valence-corrected chi connectivity index (χ2v) is 5.31. The first-order valence-corrected chi connectivity index (χ1v) is 6.52. The second-order valence-electron chi connectivity index (χ2n) is 3.46. The molecule has 0 aromatic carbocycles. The van der Waals surface area contributed by atoms with Crippen LogP contribution in [0.3, 0.4) is 0 Å². The number of carboxylic acids is 1. The van der Waals surface area contributed by atoms with Crippen LogP contribution in [-0.4, -0.2) is 29.1 Å². The Morgan fingerprint density at radius 3 is 2.94 bits per heavy atom. The van der Waals surface area contributed by atoms with Crippen molar-refractivity contribution in [2.75, 3.05) is 13.1 Å². The lowest BCUT2D eigenvalue weighted by Crippen LogP contribution is -2.32. The topological polar surface area (TPSA) is 40.5 Å². The Balaban J connectivity index is 2.77. The Kier molecular flexibility index (Phi) is 5.18. The van der Waals surface area contributed by atoms with Gasteiger partial charge in [-0.1, -0.05) is 6.08 Å². The number of rotatable bonds is 6. The van der Waals surface area contributed by atoms with Gasteiger partial charge in [0.1, 0.15) is 0 Å². The van der Waals surface area contributed by atoms with Crippen molar-refractivity contribution in [3.63, 3.8) is 0 Å². The Hall–Kier alpha value is -0.650. The van der Waals surface area contributed by atoms with E-state index in [9.17, 15) is 4.79 Å². The molecule has 16 heavy (non-hydrogen) atoms. The van der Waals surface area contributed by atoms with Gasteiger partial charge in [-0.15, -0.1) is 17.9 Å². The van der Waals surface area contributed by atoms with Gasteiger partial charge in [-0.25, -0.2) is 0 Å². The van der Waals surface area contributed by atoms with Crippen LogP contribution in [0, 0.1) is 0 Å². The fraction of sp³-hybridized carbons (Fsp3) is 0.364. The van der Waals surface area contributed by atoms with Gasteiger partial charge < -0.3 is 5.11 Å². The van der Waals surface area contributed by atoms with E-state index in [4.69, 9.17) is 5.11 Å². The highest BCUT2D eigenvalue weighted by Gasteiger charge is 2.18. The van der Waals surface area contributed by atoms with Gasteiger partial charge in [0.25, 0.3) is 0 Å². The predicted molar refractivity (Wildman–Crippen MR) is 69.8 cm³/mol. The van der Waals surface area contributed by atoms with Crippen LogP contribution >= 0.6 is 27.3 Å². The minimum Gasteiger partial charge on any atom is -0.480 e. The average Bonchev–Trinajstić information content (AvgIpc) is 2.62. The van der Waals surface area contributed by atoms with Crippen molar-refractivity contribution in [1.82, 2.24) is 4.90 Å². The summed E-state index contributed by atoms with van der Waals surface area (Å²) in [5, 5.41) is 10.8.